The fourth-order valence-corrected chi connectivity index (χ4v) is 6.15. The Balaban J connectivity index is 1.46. The quantitative estimate of drug-likeness (QED) is 0.248. The summed E-state index contributed by atoms with van der Waals surface area (Å²) in [6.45, 7) is 7.84. The van der Waals surface area contributed by atoms with Gasteiger partial charge in [0, 0.05) is 11.4 Å². The number of nitrogens with one attached hydrogen (secondary N) is 2. The maximum atomic E-state index is 12.9. The SMILES string of the molecule is Cc1cc(C)c(NC(=O)[C@H](C)Sc2nc3ccc(NC(=O)c4ccccc4C(=O)O)cc3s2)c(C)c1. The van der Waals surface area contributed by atoms with Gasteiger partial charge in [0.2, 0.25) is 5.91 Å². The minimum atomic E-state index is -1.16. The Morgan fingerprint density at radius 1 is 0.944 bits per heavy atom. The van der Waals surface area contributed by atoms with Gasteiger partial charge in [-0.15, -0.1) is 11.3 Å². The summed E-state index contributed by atoms with van der Waals surface area (Å²) in [7, 11) is 0. The highest BCUT2D eigenvalue weighted by Gasteiger charge is 2.20. The normalized spacial score (nSPS) is 11.8. The molecule has 0 spiro atoms. The van der Waals surface area contributed by atoms with Gasteiger partial charge >= 0.3 is 5.97 Å². The van der Waals surface area contributed by atoms with Gasteiger partial charge in [-0.05, 0) is 69.2 Å². The molecule has 4 aromatic rings. The van der Waals surface area contributed by atoms with Crippen LogP contribution in [0.2, 0.25) is 0 Å². The zero-order valence-electron chi connectivity index (χ0n) is 20.2. The third-order valence-electron chi connectivity index (χ3n) is 5.60. The van der Waals surface area contributed by atoms with Crippen LogP contribution in [0.25, 0.3) is 10.2 Å². The summed E-state index contributed by atoms with van der Waals surface area (Å²) in [5.74, 6) is -1.76. The topological polar surface area (TPSA) is 108 Å². The molecule has 0 fully saturated rings. The van der Waals surface area contributed by atoms with Gasteiger partial charge in [0.25, 0.3) is 5.91 Å². The van der Waals surface area contributed by atoms with Crippen molar-refractivity contribution in [3.63, 3.8) is 0 Å². The molecule has 7 nitrogen and oxygen atoms in total. The first-order valence-electron chi connectivity index (χ1n) is 11.2. The number of carboxylic acid groups (broad SMARTS) is 1. The highest BCUT2D eigenvalue weighted by atomic mass is 32.2. The Labute approximate surface area is 217 Å². The summed E-state index contributed by atoms with van der Waals surface area (Å²) < 4.78 is 1.59. The average Bonchev–Trinajstić information content (AvgIpc) is 3.22. The molecule has 36 heavy (non-hydrogen) atoms. The molecule has 0 saturated carbocycles. The largest absolute Gasteiger partial charge is 0.478 e. The summed E-state index contributed by atoms with van der Waals surface area (Å²) in [4.78, 5) is 41.6. The lowest BCUT2D eigenvalue weighted by atomic mass is 10.1. The molecule has 3 aromatic carbocycles. The van der Waals surface area contributed by atoms with E-state index in [-0.39, 0.29) is 22.3 Å². The number of aromatic carboxylic acids is 1. The van der Waals surface area contributed by atoms with Crippen LogP contribution in [-0.2, 0) is 4.79 Å². The fraction of sp³-hybridized carbons (Fsp3) is 0.185. The van der Waals surface area contributed by atoms with Crippen LogP contribution in [0.4, 0.5) is 11.4 Å². The lowest BCUT2D eigenvalue weighted by molar-refractivity contribution is -0.115. The Hall–Kier alpha value is -3.69. The van der Waals surface area contributed by atoms with Crippen molar-refractivity contribution in [2.75, 3.05) is 10.6 Å². The smallest absolute Gasteiger partial charge is 0.336 e. The Bertz CT molecular complexity index is 1470. The minimum absolute atomic E-state index is 0.0594. The van der Waals surface area contributed by atoms with E-state index >= 15 is 0 Å². The molecule has 1 heterocycles. The molecule has 0 aliphatic rings. The van der Waals surface area contributed by atoms with Crippen LogP contribution in [0.15, 0.2) is 58.9 Å². The molecule has 3 N–H and O–H groups in total. The average molecular weight is 520 g/mol. The van der Waals surface area contributed by atoms with Gasteiger partial charge in [-0.1, -0.05) is 41.6 Å². The zero-order chi connectivity index (χ0) is 26.0. The van der Waals surface area contributed by atoms with Crippen molar-refractivity contribution in [1.82, 2.24) is 4.98 Å². The molecule has 0 aliphatic heterocycles. The van der Waals surface area contributed by atoms with Crippen LogP contribution >= 0.6 is 23.1 Å². The van der Waals surface area contributed by atoms with E-state index in [0.717, 1.165) is 36.9 Å². The van der Waals surface area contributed by atoms with Crippen molar-refractivity contribution < 1.29 is 19.5 Å². The number of aryl methyl sites for hydroxylation is 3. The number of carboxylic acids is 1. The van der Waals surface area contributed by atoms with Gasteiger partial charge in [0.15, 0.2) is 4.34 Å². The van der Waals surface area contributed by atoms with Gasteiger partial charge in [-0.3, -0.25) is 9.59 Å². The van der Waals surface area contributed by atoms with Gasteiger partial charge < -0.3 is 15.7 Å². The number of benzene rings is 3. The maximum absolute atomic E-state index is 12.9. The predicted molar refractivity (Wildman–Crippen MR) is 146 cm³/mol. The second kappa shape index (κ2) is 10.5. The Morgan fingerprint density at radius 3 is 2.28 bits per heavy atom. The fourth-order valence-electron chi connectivity index (χ4n) is 3.90. The first-order valence-corrected chi connectivity index (χ1v) is 12.9. The van der Waals surface area contributed by atoms with Gasteiger partial charge in [0.05, 0.1) is 26.6 Å². The molecule has 0 unspecified atom stereocenters. The van der Waals surface area contributed by atoms with Gasteiger partial charge in [0.1, 0.15) is 0 Å². The lowest BCUT2D eigenvalue weighted by Gasteiger charge is -2.15. The number of fused-ring (bicyclic) bond motifs is 1. The van der Waals surface area contributed by atoms with Crippen LogP contribution in [0, 0.1) is 20.8 Å². The second-order valence-electron chi connectivity index (χ2n) is 8.49. The standard InChI is InChI=1S/C27H25N3O4S2/c1-14-11-15(2)23(16(3)12-14)30-24(31)17(4)35-27-29-21-10-9-18(13-22(21)36-27)28-25(32)19-7-5-6-8-20(19)26(33)34/h5-13,17H,1-4H3,(H,28,32)(H,30,31)(H,33,34)/t17-/m0/s1. The molecule has 1 atom stereocenters. The molecule has 9 heteroatoms. The highest BCUT2D eigenvalue weighted by Crippen LogP contribution is 2.34. The number of aromatic nitrogens is 1. The van der Waals surface area contributed by atoms with E-state index in [4.69, 9.17) is 0 Å². The van der Waals surface area contributed by atoms with Crippen LogP contribution in [0.3, 0.4) is 0 Å². The molecule has 0 radical (unpaired) electrons. The number of thioether (sulfide) groups is 1. The number of thiazole rings is 1. The maximum Gasteiger partial charge on any atom is 0.336 e. The second-order valence-corrected chi connectivity index (χ2v) is 11.1. The number of nitrogens with zero attached hydrogens (tertiary/aromatic N) is 1. The lowest BCUT2D eigenvalue weighted by Crippen LogP contribution is -2.23. The molecular formula is C27H25N3O4S2. The molecule has 0 saturated heterocycles. The van der Waals surface area contributed by atoms with Crippen molar-refractivity contribution in [2.45, 2.75) is 37.3 Å². The van der Waals surface area contributed by atoms with Crippen LogP contribution in [0.5, 0.6) is 0 Å². The summed E-state index contributed by atoms with van der Waals surface area (Å²) in [6.07, 6.45) is 0. The highest BCUT2D eigenvalue weighted by molar-refractivity contribution is 8.02. The van der Waals surface area contributed by atoms with Crippen LogP contribution < -0.4 is 10.6 Å². The third kappa shape index (κ3) is 5.58. The van der Waals surface area contributed by atoms with E-state index in [0.29, 0.717) is 5.69 Å². The van der Waals surface area contributed by atoms with Crippen molar-refractivity contribution in [3.05, 3.63) is 82.4 Å². The Morgan fingerprint density at radius 2 is 1.61 bits per heavy atom. The molecule has 184 valence electrons. The van der Waals surface area contributed by atoms with Crippen LogP contribution in [-0.4, -0.2) is 33.1 Å². The van der Waals surface area contributed by atoms with E-state index in [9.17, 15) is 19.5 Å². The number of amides is 2. The first kappa shape index (κ1) is 25.4. The first-order chi connectivity index (χ1) is 17.1. The zero-order valence-corrected chi connectivity index (χ0v) is 21.8. The number of carbonyl (C=O) groups excluding carboxylic acids is 2. The predicted octanol–water partition coefficient (Wildman–Crippen LogP) is 6.29. The summed E-state index contributed by atoms with van der Waals surface area (Å²) in [5, 5.41) is 14.8. The number of rotatable bonds is 7. The number of hydrogen-bond donors (Lipinski definition) is 3. The summed E-state index contributed by atoms with van der Waals surface area (Å²) in [5.41, 5.74) is 5.36. The van der Waals surface area contributed by atoms with Crippen molar-refractivity contribution in [2.24, 2.45) is 0 Å². The van der Waals surface area contributed by atoms with Crippen LogP contribution in [0.1, 0.15) is 44.3 Å². The molecule has 0 aliphatic carbocycles. The monoisotopic (exact) mass is 519 g/mol. The van der Waals surface area contributed by atoms with E-state index < -0.39 is 11.9 Å². The number of anilines is 2. The van der Waals surface area contributed by atoms with Gasteiger partial charge in [-0.25, -0.2) is 9.78 Å². The Kier molecular flexibility index (Phi) is 7.42. The summed E-state index contributed by atoms with van der Waals surface area (Å²) in [6, 6.07) is 15.5. The van der Waals surface area contributed by atoms with E-state index in [2.05, 4.69) is 15.6 Å². The number of hydrogen-bond acceptors (Lipinski definition) is 6. The van der Waals surface area contributed by atoms with E-state index in [1.54, 1.807) is 30.3 Å². The van der Waals surface area contributed by atoms with Crippen molar-refractivity contribution >= 4 is 62.5 Å². The molecule has 0 bridgehead atoms. The molecule has 4 rings (SSSR count). The molecule has 2 amide bonds. The van der Waals surface area contributed by atoms with E-state index in [1.807, 2.05) is 39.8 Å². The molecule has 1 aromatic heterocycles. The molecular weight excluding hydrogens is 494 g/mol. The van der Waals surface area contributed by atoms with Crippen molar-refractivity contribution in [3.8, 4) is 0 Å². The number of carbonyl (C=O) groups is 3. The van der Waals surface area contributed by atoms with Gasteiger partial charge in [-0.2, -0.15) is 0 Å². The third-order valence-corrected chi connectivity index (χ3v) is 7.81. The van der Waals surface area contributed by atoms with E-state index in [1.165, 1.54) is 35.2 Å². The summed E-state index contributed by atoms with van der Waals surface area (Å²) >= 11 is 2.81. The minimum Gasteiger partial charge on any atom is -0.478 e. The van der Waals surface area contributed by atoms with Crippen molar-refractivity contribution in [1.29, 1.82) is 0 Å².